The summed E-state index contributed by atoms with van der Waals surface area (Å²) in [6.07, 6.45) is 3.73. The van der Waals surface area contributed by atoms with Crippen LogP contribution in [0.4, 0.5) is 0 Å². The summed E-state index contributed by atoms with van der Waals surface area (Å²) in [5, 5.41) is 3.44. The van der Waals surface area contributed by atoms with Crippen LogP contribution < -0.4 is 10.0 Å². The van der Waals surface area contributed by atoms with Gasteiger partial charge in [-0.3, -0.25) is 0 Å². The second-order valence-electron chi connectivity index (χ2n) is 5.19. The SMILES string of the molecule is CCS(=O)(=O)NCCNC1CCCC1(C)C. The number of nitrogens with one attached hydrogen (secondary N) is 2. The van der Waals surface area contributed by atoms with Crippen molar-refractivity contribution in [2.75, 3.05) is 18.8 Å². The highest BCUT2D eigenvalue weighted by Crippen LogP contribution is 2.36. The Bertz CT molecular complexity index is 312. The lowest BCUT2D eigenvalue weighted by molar-refractivity contribution is 0.285. The van der Waals surface area contributed by atoms with E-state index in [0.717, 1.165) is 0 Å². The maximum Gasteiger partial charge on any atom is 0.211 e. The van der Waals surface area contributed by atoms with Gasteiger partial charge in [-0.2, -0.15) is 0 Å². The molecule has 0 amide bonds. The van der Waals surface area contributed by atoms with Crippen molar-refractivity contribution in [1.82, 2.24) is 10.0 Å². The van der Waals surface area contributed by atoms with Crippen molar-refractivity contribution in [1.29, 1.82) is 0 Å². The minimum absolute atomic E-state index is 0.155. The summed E-state index contributed by atoms with van der Waals surface area (Å²) in [5.41, 5.74) is 0.351. The Labute approximate surface area is 99.2 Å². The molecule has 0 aromatic heterocycles. The van der Waals surface area contributed by atoms with Gasteiger partial charge in [0.2, 0.25) is 10.0 Å². The second kappa shape index (κ2) is 5.47. The van der Waals surface area contributed by atoms with Crippen molar-refractivity contribution in [3.05, 3.63) is 0 Å². The van der Waals surface area contributed by atoms with Crippen molar-refractivity contribution >= 4 is 10.0 Å². The molecule has 1 fully saturated rings. The molecule has 0 spiro atoms. The minimum atomic E-state index is -3.03. The van der Waals surface area contributed by atoms with Gasteiger partial charge in [0.05, 0.1) is 5.75 Å². The number of hydrogen-bond acceptors (Lipinski definition) is 3. The molecular weight excluding hydrogens is 224 g/mol. The van der Waals surface area contributed by atoms with Crippen molar-refractivity contribution in [3.8, 4) is 0 Å². The Morgan fingerprint density at radius 1 is 1.31 bits per heavy atom. The molecule has 0 saturated heterocycles. The minimum Gasteiger partial charge on any atom is -0.312 e. The number of rotatable bonds is 6. The van der Waals surface area contributed by atoms with E-state index in [-0.39, 0.29) is 5.75 Å². The maximum absolute atomic E-state index is 11.2. The fourth-order valence-electron chi connectivity index (χ4n) is 2.26. The van der Waals surface area contributed by atoms with E-state index in [4.69, 9.17) is 0 Å². The van der Waals surface area contributed by atoms with Crippen LogP contribution in [-0.2, 0) is 10.0 Å². The zero-order chi connectivity index (χ0) is 12.2. The molecule has 1 aliphatic carbocycles. The van der Waals surface area contributed by atoms with Gasteiger partial charge in [-0.1, -0.05) is 20.3 Å². The molecular formula is C11H24N2O2S. The summed E-state index contributed by atoms with van der Waals surface area (Å²) < 4.78 is 24.9. The van der Waals surface area contributed by atoms with E-state index in [9.17, 15) is 8.42 Å². The lowest BCUT2D eigenvalue weighted by atomic mass is 9.87. The first-order valence-corrected chi connectivity index (χ1v) is 7.73. The van der Waals surface area contributed by atoms with Crippen molar-refractivity contribution in [2.45, 2.75) is 46.1 Å². The molecule has 0 aliphatic heterocycles. The summed E-state index contributed by atoms with van der Waals surface area (Å²) in [6, 6.07) is 0.527. The summed E-state index contributed by atoms with van der Waals surface area (Å²) in [5.74, 6) is 0.155. The first-order chi connectivity index (χ1) is 7.37. The highest BCUT2D eigenvalue weighted by molar-refractivity contribution is 7.89. The largest absolute Gasteiger partial charge is 0.312 e. The van der Waals surface area contributed by atoms with E-state index in [1.54, 1.807) is 6.92 Å². The van der Waals surface area contributed by atoms with Crippen molar-refractivity contribution < 1.29 is 8.42 Å². The summed E-state index contributed by atoms with van der Waals surface area (Å²) in [7, 11) is -3.03. The Balaban J connectivity index is 2.22. The van der Waals surface area contributed by atoms with E-state index >= 15 is 0 Å². The standard InChI is InChI=1S/C11H24N2O2S/c1-4-16(14,15)13-9-8-12-10-6-5-7-11(10,2)3/h10,12-13H,4-9H2,1-3H3. The van der Waals surface area contributed by atoms with E-state index in [1.807, 2.05) is 0 Å². The molecule has 0 aromatic carbocycles. The molecule has 4 nitrogen and oxygen atoms in total. The third kappa shape index (κ3) is 4.03. The monoisotopic (exact) mass is 248 g/mol. The number of sulfonamides is 1. The summed E-state index contributed by atoms with van der Waals surface area (Å²) >= 11 is 0. The van der Waals surface area contributed by atoms with Crippen LogP contribution in [0.15, 0.2) is 0 Å². The quantitative estimate of drug-likeness (QED) is 0.692. The molecule has 0 bridgehead atoms. The van der Waals surface area contributed by atoms with Crippen LogP contribution in [0.5, 0.6) is 0 Å². The zero-order valence-corrected chi connectivity index (χ0v) is 11.4. The first kappa shape index (κ1) is 13.9. The predicted octanol–water partition coefficient (Wildman–Crippen LogP) is 1.09. The van der Waals surface area contributed by atoms with Gasteiger partial charge in [-0.05, 0) is 25.2 Å². The van der Waals surface area contributed by atoms with Crippen LogP contribution in [-0.4, -0.2) is 33.3 Å². The maximum atomic E-state index is 11.2. The Morgan fingerprint density at radius 2 is 2.00 bits per heavy atom. The van der Waals surface area contributed by atoms with Gasteiger partial charge < -0.3 is 5.32 Å². The molecule has 0 radical (unpaired) electrons. The van der Waals surface area contributed by atoms with Crippen LogP contribution in [0.1, 0.15) is 40.0 Å². The second-order valence-corrected chi connectivity index (χ2v) is 7.28. The molecule has 1 aliphatic rings. The molecule has 1 atom stereocenters. The van der Waals surface area contributed by atoms with Crippen LogP contribution in [0.3, 0.4) is 0 Å². The van der Waals surface area contributed by atoms with Gasteiger partial charge in [0.1, 0.15) is 0 Å². The van der Waals surface area contributed by atoms with Gasteiger partial charge >= 0.3 is 0 Å². The highest BCUT2D eigenvalue weighted by atomic mass is 32.2. The van der Waals surface area contributed by atoms with E-state index in [0.29, 0.717) is 24.5 Å². The fraction of sp³-hybridized carbons (Fsp3) is 1.00. The van der Waals surface area contributed by atoms with Gasteiger partial charge in [-0.25, -0.2) is 13.1 Å². The Kier molecular flexibility index (Phi) is 4.76. The lowest BCUT2D eigenvalue weighted by Crippen LogP contribution is -2.42. The molecule has 1 rings (SSSR count). The summed E-state index contributed by atoms with van der Waals surface area (Å²) in [4.78, 5) is 0. The topological polar surface area (TPSA) is 58.2 Å². The van der Waals surface area contributed by atoms with Gasteiger partial charge in [0.15, 0.2) is 0 Å². The molecule has 1 unspecified atom stereocenters. The highest BCUT2D eigenvalue weighted by Gasteiger charge is 2.33. The normalized spacial score (nSPS) is 24.8. The average Bonchev–Trinajstić information content (AvgIpc) is 2.53. The average molecular weight is 248 g/mol. The first-order valence-electron chi connectivity index (χ1n) is 6.08. The zero-order valence-electron chi connectivity index (χ0n) is 10.5. The molecule has 0 heterocycles. The van der Waals surface area contributed by atoms with Crippen LogP contribution in [0, 0.1) is 5.41 Å². The summed E-state index contributed by atoms with van der Waals surface area (Å²) in [6.45, 7) is 7.40. The molecule has 2 N–H and O–H groups in total. The number of hydrogen-bond donors (Lipinski definition) is 2. The molecule has 0 aromatic rings. The van der Waals surface area contributed by atoms with Crippen molar-refractivity contribution in [2.24, 2.45) is 5.41 Å². The molecule has 5 heteroatoms. The fourth-order valence-corrected chi connectivity index (χ4v) is 2.88. The smallest absolute Gasteiger partial charge is 0.211 e. The van der Waals surface area contributed by atoms with Gasteiger partial charge in [0, 0.05) is 19.1 Å². The predicted molar refractivity (Wildman–Crippen MR) is 66.9 cm³/mol. The van der Waals surface area contributed by atoms with E-state index in [1.165, 1.54) is 19.3 Å². The third-order valence-corrected chi connectivity index (χ3v) is 4.88. The molecule has 96 valence electrons. The van der Waals surface area contributed by atoms with Crippen LogP contribution in [0.2, 0.25) is 0 Å². The van der Waals surface area contributed by atoms with Crippen molar-refractivity contribution in [3.63, 3.8) is 0 Å². The van der Waals surface area contributed by atoms with E-state index < -0.39 is 10.0 Å². The third-order valence-electron chi connectivity index (χ3n) is 3.47. The van der Waals surface area contributed by atoms with Crippen LogP contribution in [0.25, 0.3) is 0 Å². The van der Waals surface area contributed by atoms with Gasteiger partial charge in [0.25, 0.3) is 0 Å². The Hall–Kier alpha value is -0.130. The van der Waals surface area contributed by atoms with Crippen LogP contribution >= 0.6 is 0 Å². The Morgan fingerprint density at radius 3 is 2.50 bits per heavy atom. The lowest BCUT2D eigenvalue weighted by Gasteiger charge is -2.28. The van der Waals surface area contributed by atoms with E-state index in [2.05, 4.69) is 23.9 Å². The molecule has 16 heavy (non-hydrogen) atoms. The van der Waals surface area contributed by atoms with Gasteiger partial charge in [-0.15, -0.1) is 0 Å². The molecule has 1 saturated carbocycles.